The third-order valence-corrected chi connectivity index (χ3v) is 4.07. The fraction of sp³-hybridized carbons (Fsp3) is 0.350. The summed E-state index contributed by atoms with van der Waals surface area (Å²) in [5.41, 5.74) is 2.72. The second-order valence-corrected chi connectivity index (χ2v) is 6.08. The predicted molar refractivity (Wildman–Crippen MR) is 97.7 cm³/mol. The van der Waals surface area contributed by atoms with Crippen LogP contribution in [-0.2, 0) is 0 Å². The van der Waals surface area contributed by atoms with E-state index in [4.69, 9.17) is 18.9 Å². The van der Waals surface area contributed by atoms with Gasteiger partial charge in [-0.2, -0.15) is 0 Å². The van der Waals surface area contributed by atoms with Gasteiger partial charge in [0, 0.05) is 5.56 Å². The topological polar surface area (TPSA) is 66.0 Å². The summed E-state index contributed by atoms with van der Waals surface area (Å²) in [5, 5.41) is 2.84. The van der Waals surface area contributed by atoms with E-state index >= 15 is 0 Å². The molecule has 0 aliphatic carbocycles. The molecule has 0 spiro atoms. The van der Waals surface area contributed by atoms with Gasteiger partial charge in [-0.05, 0) is 37.6 Å². The lowest BCUT2D eigenvalue weighted by Crippen LogP contribution is -2.28. The smallest absolute Gasteiger partial charge is 0.251 e. The molecule has 2 aromatic carbocycles. The first-order valence-electron chi connectivity index (χ1n) is 8.54. The van der Waals surface area contributed by atoms with Crippen molar-refractivity contribution in [3.63, 3.8) is 0 Å². The van der Waals surface area contributed by atoms with Crippen LogP contribution >= 0.6 is 0 Å². The maximum absolute atomic E-state index is 12.4. The van der Waals surface area contributed by atoms with Crippen LogP contribution in [0, 0.1) is 13.8 Å². The van der Waals surface area contributed by atoms with Gasteiger partial charge in [0.05, 0.1) is 13.7 Å². The maximum Gasteiger partial charge on any atom is 0.251 e. The molecule has 0 unspecified atom stereocenters. The Morgan fingerprint density at radius 3 is 2.69 bits per heavy atom. The summed E-state index contributed by atoms with van der Waals surface area (Å²) in [7, 11) is 1.53. The molecule has 0 saturated carbocycles. The molecule has 2 aromatic rings. The van der Waals surface area contributed by atoms with Gasteiger partial charge in [0.25, 0.3) is 5.91 Å². The Bertz CT molecular complexity index is 786. The van der Waals surface area contributed by atoms with E-state index in [2.05, 4.69) is 11.4 Å². The normalized spacial score (nSPS) is 12.4. The number of hydrogen-bond donors (Lipinski definition) is 1. The van der Waals surface area contributed by atoms with Crippen molar-refractivity contribution in [2.75, 3.05) is 33.5 Å². The highest BCUT2D eigenvalue weighted by atomic mass is 16.6. The van der Waals surface area contributed by atoms with E-state index in [1.54, 1.807) is 12.1 Å². The molecule has 0 radical (unpaired) electrons. The first kappa shape index (κ1) is 17.9. The highest BCUT2D eigenvalue weighted by Crippen LogP contribution is 2.40. The van der Waals surface area contributed by atoms with Gasteiger partial charge in [-0.3, -0.25) is 4.79 Å². The number of methoxy groups -OCH3 is 1. The Balaban J connectivity index is 1.58. The highest BCUT2D eigenvalue weighted by Gasteiger charge is 2.20. The molecule has 0 aromatic heterocycles. The number of rotatable bonds is 6. The molecule has 1 heterocycles. The van der Waals surface area contributed by atoms with Crippen LogP contribution in [0.25, 0.3) is 0 Å². The third kappa shape index (κ3) is 4.02. The minimum atomic E-state index is -0.218. The summed E-state index contributed by atoms with van der Waals surface area (Å²) >= 11 is 0. The Kier molecular flexibility index (Phi) is 5.51. The quantitative estimate of drug-likeness (QED) is 0.806. The zero-order chi connectivity index (χ0) is 18.5. The van der Waals surface area contributed by atoms with Crippen molar-refractivity contribution in [3.05, 3.63) is 47.0 Å². The first-order valence-corrected chi connectivity index (χ1v) is 8.54. The number of fused-ring (bicyclic) bond motifs is 1. The largest absolute Gasteiger partial charge is 0.493 e. The summed E-state index contributed by atoms with van der Waals surface area (Å²) < 4.78 is 22.1. The van der Waals surface area contributed by atoms with Gasteiger partial charge in [0.15, 0.2) is 11.5 Å². The number of aryl methyl sites for hydroxylation is 2. The fourth-order valence-corrected chi connectivity index (χ4v) is 2.79. The Hall–Kier alpha value is -2.89. The summed E-state index contributed by atoms with van der Waals surface area (Å²) in [6, 6.07) is 9.32. The van der Waals surface area contributed by atoms with Crippen LogP contribution in [0.15, 0.2) is 30.3 Å². The van der Waals surface area contributed by atoms with Crippen molar-refractivity contribution >= 4 is 5.91 Å². The number of nitrogens with one attached hydrogen (secondary N) is 1. The van der Waals surface area contributed by atoms with Gasteiger partial charge >= 0.3 is 0 Å². The molecule has 0 fully saturated rings. The van der Waals surface area contributed by atoms with Crippen molar-refractivity contribution in [1.82, 2.24) is 5.32 Å². The van der Waals surface area contributed by atoms with Crippen LogP contribution in [0.2, 0.25) is 0 Å². The summed E-state index contributed by atoms with van der Waals surface area (Å²) in [5.74, 6) is 2.15. The summed E-state index contributed by atoms with van der Waals surface area (Å²) in [4.78, 5) is 12.4. The van der Waals surface area contributed by atoms with Crippen LogP contribution in [0.4, 0.5) is 0 Å². The van der Waals surface area contributed by atoms with Crippen molar-refractivity contribution in [2.45, 2.75) is 13.8 Å². The molecule has 1 N–H and O–H groups in total. The standard InChI is InChI=1S/C20H23NO5/c1-13-4-5-16(14(2)10-13)24-7-6-21-20(22)15-11-17(23-3)19-18(12-15)25-8-9-26-19/h4-5,10-12H,6-9H2,1-3H3,(H,21,22). The number of carbonyl (C=O) groups is 1. The Morgan fingerprint density at radius 2 is 1.92 bits per heavy atom. The Labute approximate surface area is 153 Å². The monoisotopic (exact) mass is 357 g/mol. The minimum Gasteiger partial charge on any atom is -0.493 e. The number of hydrogen-bond acceptors (Lipinski definition) is 5. The number of ether oxygens (including phenoxy) is 4. The molecule has 1 aliphatic rings. The van der Waals surface area contributed by atoms with Gasteiger partial charge in [-0.1, -0.05) is 17.7 Å². The lowest BCUT2D eigenvalue weighted by atomic mass is 10.1. The van der Waals surface area contributed by atoms with Crippen molar-refractivity contribution in [1.29, 1.82) is 0 Å². The van der Waals surface area contributed by atoms with Crippen molar-refractivity contribution in [3.8, 4) is 23.0 Å². The molecule has 1 amide bonds. The zero-order valence-electron chi connectivity index (χ0n) is 15.3. The molecular formula is C20H23NO5. The van der Waals surface area contributed by atoms with Gasteiger partial charge in [-0.15, -0.1) is 0 Å². The molecule has 1 aliphatic heterocycles. The van der Waals surface area contributed by atoms with Gasteiger partial charge in [0.2, 0.25) is 5.75 Å². The SMILES string of the molecule is COc1cc(C(=O)NCCOc2ccc(C)cc2C)cc2c1OCCO2. The van der Waals surface area contributed by atoms with Crippen LogP contribution < -0.4 is 24.3 Å². The van der Waals surface area contributed by atoms with Crippen molar-refractivity contribution in [2.24, 2.45) is 0 Å². The lowest BCUT2D eigenvalue weighted by Gasteiger charge is -2.21. The van der Waals surface area contributed by atoms with Crippen LogP contribution in [-0.4, -0.2) is 39.4 Å². The first-order chi connectivity index (χ1) is 12.6. The summed E-state index contributed by atoms with van der Waals surface area (Å²) in [6.45, 7) is 5.73. The molecule has 6 nitrogen and oxygen atoms in total. The van der Waals surface area contributed by atoms with E-state index in [1.165, 1.54) is 12.7 Å². The molecule has 26 heavy (non-hydrogen) atoms. The molecule has 6 heteroatoms. The minimum absolute atomic E-state index is 0.218. The zero-order valence-corrected chi connectivity index (χ0v) is 15.3. The van der Waals surface area contributed by atoms with E-state index in [1.807, 2.05) is 26.0 Å². The molecular weight excluding hydrogens is 334 g/mol. The number of carbonyl (C=O) groups excluding carboxylic acids is 1. The molecule has 0 bridgehead atoms. The lowest BCUT2D eigenvalue weighted by molar-refractivity contribution is 0.0945. The van der Waals surface area contributed by atoms with E-state index in [9.17, 15) is 4.79 Å². The average molecular weight is 357 g/mol. The maximum atomic E-state index is 12.4. The Morgan fingerprint density at radius 1 is 1.12 bits per heavy atom. The van der Waals surface area contributed by atoms with Gasteiger partial charge < -0.3 is 24.3 Å². The molecule has 3 rings (SSSR count). The molecule has 0 saturated heterocycles. The van der Waals surface area contributed by atoms with Gasteiger partial charge in [-0.25, -0.2) is 0 Å². The van der Waals surface area contributed by atoms with Gasteiger partial charge in [0.1, 0.15) is 25.6 Å². The van der Waals surface area contributed by atoms with E-state index in [0.717, 1.165) is 11.3 Å². The predicted octanol–water partition coefficient (Wildman–Crippen LogP) is 2.89. The summed E-state index contributed by atoms with van der Waals surface area (Å²) in [6.07, 6.45) is 0. The highest BCUT2D eigenvalue weighted by molar-refractivity contribution is 5.95. The third-order valence-electron chi connectivity index (χ3n) is 4.07. The molecule has 0 atom stereocenters. The van der Waals surface area contributed by atoms with Crippen LogP contribution in [0.3, 0.4) is 0 Å². The van der Waals surface area contributed by atoms with Crippen LogP contribution in [0.1, 0.15) is 21.5 Å². The van der Waals surface area contributed by atoms with Crippen LogP contribution in [0.5, 0.6) is 23.0 Å². The second-order valence-electron chi connectivity index (χ2n) is 6.08. The number of amides is 1. The number of benzene rings is 2. The van der Waals surface area contributed by atoms with E-state index in [-0.39, 0.29) is 5.91 Å². The average Bonchev–Trinajstić information content (AvgIpc) is 2.65. The van der Waals surface area contributed by atoms with E-state index in [0.29, 0.717) is 49.2 Å². The van der Waals surface area contributed by atoms with E-state index < -0.39 is 0 Å². The van der Waals surface area contributed by atoms with Crippen molar-refractivity contribution < 1.29 is 23.7 Å². The second kappa shape index (κ2) is 7.99. The fourth-order valence-electron chi connectivity index (χ4n) is 2.79. The molecule has 138 valence electrons.